The maximum Gasteiger partial charge on any atom is 0.0915 e. The van der Waals surface area contributed by atoms with Crippen LogP contribution >= 0.6 is 0 Å². The van der Waals surface area contributed by atoms with Crippen molar-refractivity contribution in [2.45, 2.75) is 103 Å². The van der Waals surface area contributed by atoms with Crippen LogP contribution in [-0.2, 0) is 19.3 Å². The normalized spacial score (nSPS) is 15.8. The first-order valence-electron chi connectivity index (χ1n) is 13.6. The second-order valence-electron chi connectivity index (χ2n) is 10.6. The molecule has 0 saturated heterocycles. The summed E-state index contributed by atoms with van der Waals surface area (Å²) in [6.07, 6.45) is 21.5. The highest BCUT2D eigenvalue weighted by Gasteiger charge is 2.36. The molecule has 0 fully saturated rings. The Kier molecular flexibility index (Phi) is 10.2. The van der Waals surface area contributed by atoms with Crippen molar-refractivity contribution in [2.24, 2.45) is 0 Å². The van der Waals surface area contributed by atoms with Crippen LogP contribution in [0.3, 0.4) is 0 Å². The van der Waals surface area contributed by atoms with Crippen LogP contribution < -0.4 is 5.19 Å². The van der Waals surface area contributed by atoms with Gasteiger partial charge in [-0.3, -0.25) is 0 Å². The lowest BCUT2D eigenvalue weighted by atomic mass is 10.0. The van der Waals surface area contributed by atoms with Gasteiger partial charge in [0.1, 0.15) is 0 Å². The summed E-state index contributed by atoms with van der Waals surface area (Å²) in [6, 6.07) is 18.7. The minimum Gasteiger partial charge on any atom is -0.0797 e. The second kappa shape index (κ2) is 13.1. The third kappa shape index (κ3) is 7.57. The Morgan fingerprint density at radius 2 is 1.30 bits per heavy atom. The zero-order chi connectivity index (χ0) is 23.5. The van der Waals surface area contributed by atoms with Crippen molar-refractivity contribution >= 4 is 13.3 Å². The minimum atomic E-state index is -1.69. The topological polar surface area (TPSA) is 0 Å². The van der Waals surface area contributed by atoms with Crippen molar-refractivity contribution in [3.05, 3.63) is 89.0 Å². The van der Waals surface area contributed by atoms with Crippen LogP contribution in [0, 0.1) is 0 Å². The first kappa shape index (κ1) is 25.8. The molecular formula is C32H46Si. The Balaban J connectivity index is 1.81. The van der Waals surface area contributed by atoms with Crippen LogP contribution in [0.1, 0.15) is 81.9 Å². The highest BCUT2D eigenvalue weighted by molar-refractivity contribution is 6.92. The molecule has 2 aromatic carbocycles. The Hall–Kier alpha value is -1.86. The fourth-order valence-corrected chi connectivity index (χ4v) is 8.53. The van der Waals surface area contributed by atoms with Gasteiger partial charge in [0, 0.05) is 0 Å². The lowest BCUT2D eigenvalue weighted by molar-refractivity contribution is 0.661. The Morgan fingerprint density at radius 1 is 0.697 bits per heavy atom. The molecule has 0 radical (unpaired) electrons. The maximum absolute atomic E-state index is 2.60. The summed E-state index contributed by atoms with van der Waals surface area (Å²) in [5.41, 5.74) is 6.82. The number of allylic oxidation sites excluding steroid dienone is 4. The van der Waals surface area contributed by atoms with Gasteiger partial charge in [0.25, 0.3) is 0 Å². The molecule has 1 unspecified atom stereocenters. The molecule has 0 saturated carbocycles. The summed E-state index contributed by atoms with van der Waals surface area (Å²) in [7, 11) is -1.69. The van der Waals surface area contributed by atoms with Crippen LogP contribution in [0.25, 0.3) is 0 Å². The van der Waals surface area contributed by atoms with E-state index in [1.807, 2.05) is 0 Å². The number of rotatable bonds is 14. The number of benzene rings is 2. The summed E-state index contributed by atoms with van der Waals surface area (Å²) in [6.45, 7) is 9.81. The van der Waals surface area contributed by atoms with Crippen molar-refractivity contribution in [3.63, 3.8) is 0 Å². The molecular weight excluding hydrogens is 412 g/mol. The third-order valence-corrected chi connectivity index (χ3v) is 11.4. The molecule has 0 aliphatic heterocycles. The Labute approximate surface area is 205 Å². The van der Waals surface area contributed by atoms with Gasteiger partial charge < -0.3 is 0 Å². The van der Waals surface area contributed by atoms with Crippen LogP contribution in [0.4, 0.5) is 0 Å². The van der Waals surface area contributed by atoms with Crippen LogP contribution in [0.5, 0.6) is 0 Å². The van der Waals surface area contributed by atoms with Gasteiger partial charge in [-0.05, 0) is 54.3 Å². The largest absolute Gasteiger partial charge is 0.0915 e. The quantitative estimate of drug-likeness (QED) is 0.196. The molecule has 1 aliphatic carbocycles. The molecule has 1 atom stereocenters. The van der Waals surface area contributed by atoms with Crippen molar-refractivity contribution in [1.82, 2.24) is 0 Å². The number of unbranched alkanes of at least 4 members (excludes halogenated alkanes) is 6. The molecule has 1 heteroatoms. The molecule has 33 heavy (non-hydrogen) atoms. The molecule has 0 aromatic heterocycles. The van der Waals surface area contributed by atoms with Crippen molar-refractivity contribution in [3.8, 4) is 0 Å². The van der Waals surface area contributed by atoms with E-state index in [4.69, 9.17) is 0 Å². The van der Waals surface area contributed by atoms with Gasteiger partial charge in [-0.2, -0.15) is 0 Å². The molecule has 3 rings (SSSR count). The molecule has 0 heterocycles. The average molecular weight is 459 g/mol. The average Bonchev–Trinajstić information content (AvgIpc) is 3.29. The van der Waals surface area contributed by atoms with E-state index in [-0.39, 0.29) is 0 Å². The number of hydrogen-bond donors (Lipinski definition) is 0. The van der Waals surface area contributed by atoms with Gasteiger partial charge in [0.2, 0.25) is 0 Å². The van der Waals surface area contributed by atoms with Crippen LogP contribution in [0.2, 0.25) is 18.6 Å². The lowest BCUT2D eigenvalue weighted by Crippen LogP contribution is -2.46. The summed E-state index contributed by atoms with van der Waals surface area (Å²) in [5, 5.41) is 1.66. The molecule has 0 amide bonds. The van der Waals surface area contributed by atoms with Gasteiger partial charge in [-0.1, -0.05) is 143 Å². The van der Waals surface area contributed by atoms with E-state index in [0.717, 1.165) is 6.42 Å². The Bertz CT molecular complexity index is 873. The standard InChI is InChI=1S/C32H46Si/c1-5-7-9-12-19-28-23-29(20-13-10-8-6-2)26-31(25-28)33(3,4)32-22-16-21-30(32)24-27-17-14-11-15-18-27/h11,14-18,21-23,25-26,32H,5-10,12-13,19-20,24H2,1-4H3. The second-order valence-corrected chi connectivity index (χ2v) is 15.3. The van der Waals surface area contributed by atoms with Gasteiger partial charge in [-0.15, -0.1) is 0 Å². The predicted molar refractivity (Wildman–Crippen MR) is 150 cm³/mol. The minimum absolute atomic E-state index is 0.598. The van der Waals surface area contributed by atoms with Gasteiger partial charge in [-0.25, -0.2) is 0 Å². The molecule has 178 valence electrons. The Morgan fingerprint density at radius 3 is 1.88 bits per heavy atom. The third-order valence-electron chi connectivity index (χ3n) is 7.48. The van der Waals surface area contributed by atoms with E-state index in [1.165, 1.54) is 69.8 Å². The fraction of sp³-hybridized carbons (Fsp3) is 0.500. The summed E-state index contributed by atoms with van der Waals surface area (Å²) in [5.74, 6) is 0. The molecule has 2 aromatic rings. The zero-order valence-corrected chi connectivity index (χ0v) is 22.7. The maximum atomic E-state index is 2.60. The van der Waals surface area contributed by atoms with Gasteiger partial charge >= 0.3 is 0 Å². The van der Waals surface area contributed by atoms with E-state index >= 15 is 0 Å². The smallest absolute Gasteiger partial charge is 0.0797 e. The number of aryl methyl sites for hydroxylation is 2. The fourth-order valence-electron chi connectivity index (χ4n) is 5.34. The van der Waals surface area contributed by atoms with Gasteiger partial charge in [0.05, 0.1) is 8.07 Å². The summed E-state index contributed by atoms with van der Waals surface area (Å²) < 4.78 is 0. The van der Waals surface area contributed by atoms with Crippen molar-refractivity contribution < 1.29 is 0 Å². The lowest BCUT2D eigenvalue weighted by Gasteiger charge is -2.32. The van der Waals surface area contributed by atoms with E-state index < -0.39 is 8.07 Å². The summed E-state index contributed by atoms with van der Waals surface area (Å²) >= 11 is 0. The first-order valence-corrected chi connectivity index (χ1v) is 16.7. The molecule has 0 spiro atoms. The number of hydrogen-bond acceptors (Lipinski definition) is 0. The van der Waals surface area contributed by atoms with Gasteiger partial charge in [0.15, 0.2) is 0 Å². The molecule has 0 nitrogen and oxygen atoms in total. The van der Waals surface area contributed by atoms with E-state index in [9.17, 15) is 0 Å². The van der Waals surface area contributed by atoms with E-state index in [1.54, 1.807) is 21.9 Å². The van der Waals surface area contributed by atoms with Crippen molar-refractivity contribution in [1.29, 1.82) is 0 Å². The zero-order valence-electron chi connectivity index (χ0n) is 21.7. The van der Waals surface area contributed by atoms with Crippen LogP contribution in [0.15, 0.2) is 72.3 Å². The first-order chi connectivity index (χ1) is 16.0. The molecule has 0 N–H and O–H groups in total. The monoisotopic (exact) mass is 458 g/mol. The summed E-state index contributed by atoms with van der Waals surface area (Å²) in [4.78, 5) is 0. The highest BCUT2D eigenvalue weighted by Crippen LogP contribution is 2.37. The molecule has 1 aliphatic rings. The van der Waals surface area contributed by atoms with Crippen LogP contribution in [-0.4, -0.2) is 8.07 Å². The SMILES string of the molecule is CCCCCCc1cc(CCCCCC)cc([Si](C)(C)C2C=CC=C2Cc2ccccc2)c1. The molecule has 0 bridgehead atoms. The highest BCUT2D eigenvalue weighted by atomic mass is 28.3. The van der Waals surface area contributed by atoms with Crippen molar-refractivity contribution in [2.75, 3.05) is 0 Å². The van der Waals surface area contributed by atoms with E-state index in [2.05, 4.69) is 93.7 Å². The predicted octanol–water partition coefficient (Wildman–Crippen LogP) is 8.96. The van der Waals surface area contributed by atoms with E-state index in [0.29, 0.717) is 5.54 Å².